The quantitative estimate of drug-likeness (QED) is 0.759. The van der Waals surface area contributed by atoms with Crippen LogP contribution in [0.25, 0.3) is 0 Å². The van der Waals surface area contributed by atoms with E-state index in [0.29, 0.717) is 0 Å². The van der Waals surface area contributed by atoms with Gasteiger partial charge in [-0.1, -0.05) is 12.1 Å². The fourth-order valence-electron chi connectivity index (χ4n) is 1.79. The highest BCUT2D eigenvalue weighted by Crippen LogP contribution is 2.25. The highest BCUT2D eigenvalue weighted by molar-refractivity contribution is 5.39. The van der Waals surface area contributed by atoms with Crippen molar-refractivity contribution in [3.8, 4) is 0 Å². The molecule has 0 radical (unpaired) electrons. The van der Waals surface area contributed by atoms with Crippen LogP contribution in [-0.4, -0.2) is 10.2 Å². The minimum atomic E-state index is -0.479. The number of benzene rings is 1. The number of hydrogen-bond donors (Lipinski definition) is 2. The molecule has 2 atom stereocenters. The van der Waals surface area contributed by atoms with E-state index in [4.69, 9.17) is 0 Å². The summed E-state index contributed by atoms with van der Waals surface area (Å²) in [5, 5.41) is 19.0. The van der Waals surface area contributed by atoms with Crippen LogP contribution in [0.3, 0.4) is 0 Å². The molecule has 14 heavy (non-hydrogen) atoms. The topological polar surface area (TPSA) is 40.5 Å². The van der Waals surface area contributed by atoms with Gasteiger partial charge in [-0.15, -0.1) is 0 Å². The van der Waals surface area contributed by atoms with E-state index < -0.39 is 12.2 Å². The van der Waals surface area contributed by atoms with Crippen molar-refractivity contribution in [3.05, 3.63) is 34.4 Å². The maximum Gasteiger partial charge on any atom is 0.0764 e. The smallest absolute Gasteiger partial charge is 0.0764 e. The summed E-state index contributed by atoms with van der Waals surface area (Å²) in [6.07, 6.45) is -0.957. The van der Waals surface area contributed by atoms with Crippen LogP contribution in [0.2, 0.25) is 0 Å². The second-order valence-electron chi connectivity index (χ2n) is 3.92. The van der Waals surface area contributed by atoms with Crippen molar-refractivity contribution < 1.29 is 10.2 Å². The molecule has 0 aromatic heterocycles. The first-order valence-electron chi connectivity index (χ1n) is 4.90. The zero-order valence-electron chi connectivity index (χ0n) is 9.20. The van der Waals surface area contributed by atoms with Crippen molar-refractivity contribution in [2.75, 3.05) is 0 Å². The summed E-state index contributed by atoms with van der Waals surface area (Å²) < 4.78 is 0. The van der Waals surface area contributed by atoms with Gasteiger partial charge in [0.05, 0.1) is 12.2 Å². The number of aliphatic hydroxyl groups excluding tert-OH is 2. The summed E-state index contributed by atoms with van der Waals surface area (Å²) in [5.74, 6) is 0. The molecule has 78 valence electrons. The van der Waals surface area contributed by atoms with E-state index in [1.807, 2.05) is 26.0 Å². The zero-order chi connectivity index (χ0) is 10.9. The van der Waals surface area contributed by atoms with E-state index in [1.165, 1.54) is 0 Å². The summed E-state index contributed by atoms with van der Waals surface area (Å²) in [6, 6.07) is 3.89. The molecule has 2 nitrogen and oxygen atoms in total. The highest BCUT2D eigenvalue weighted by atomic mass is 16.3. The second kappa shape index (κ2) is 4.11. The first-order chi connectivity index (χ1) is 6.43. The summed E-state index contributed by atoms with van der Waals surface area (Å²) in [5.41, 5.74) is 3.93. The van der Waals surface area contributed by atoms with Crippen molar-refractivity contribution in [3.63, 3.8) is 0 Å². The Kier molecular flexibility index (Phi) is 3.29. The minimum Gasteiger partial charge on any atom is -0.389 e. The normalized spacial score (nSPS) is 15.3. The molecule has 0 saturated carbocycles. The van der Waals surface area contributed by atoms with Gasteiger partial charge in [0.15, 0.2) is 0 Å². The predicted molar refractivity (Wildman–Crippen MR) is 57.2 cm³/mol. The lowest BCUT2D eigenvalue weighted by molar-refractivity contribution is 0.191. The number of aryl methyl sites for hydroxylation is 2. The van der Waals surface area contributed by atoms with Crippen LogP contribution in [0, 0.1) is 13.8 Å². The lowest BCUT2D eigenvalue weighted by Crippen LogP contribution is -2.02. The Morgan fingerprint density at radius 2 is 1.21 bits per heavy atom. The third-order valence-electron chi connectivity index (χ3n) is 2.55. The molecule has 0 fully saturated rings. The average Bonchev–Trinajstić information content (AvgIpc) is 2.02. The van der Waals surface area contributed by atoms with Crippen LogP contribution in [0.15, 0.2) is 12.1 Å². The van der Waals surface area contributed by atoms with Gasteiger partial charge < -0.3 is 10.2 Å². The van der Waals surface area contributed by atoms with E-state index in [-0.39, 0.29) is 0 Å². The van der Waals surface area contributed by atoms with Gasteiger partial charge in [0, 0.05) is 0 Å². The van der Waals surface area contributed by atoms with E-state index in [9.17, 15) is 10.2 Å². The molecule has 0 saturated heterocycles. The molecule has 0 aliphatic carbocycles. The number of rotatable bonds is 2. The van der Waals surface area contributed by atoms with Gasteiger partial charge in [0.1, 0.15) is 0 Å². The summed E-state index contributed by atoms with van der Waals surface area (Å²) in [7, 11) is 0. The van der Waals surface area contributed by atoms with E-state index in [1.54, 1.807) is 13.8 Å². The molecule has 0 unspecified atom stereocenters. The monoisotopic (exact) mass is 194 g/mol. The maximum absolute atomic E-state index is 9.52. The van der Waals surface area contributed by atoms with Crippen LogP contribution in [0.1, 0.15) is 48.3 Å². The van der Waals surface area contributed by atoms with Gasteiger partial charge in [0.25, 0.3) is 0 Å². The molecule has 2 N–H and O–H groups in total. The Morgan fingerprint density at radius 1 is 0.857 bits per heavy atom. The molecule has 0 aliphatic heterocycles. The van der Waals surface area contributed by atoms with Gasteiger partial charge >= 0.3 is 0 Å². The van der Waals surface area contributed by atoms with Crippen molar-refractivity contribution in [1.82, 2.24) is 0 Å². The highest BCUT2D eigenvalue weighted by Gasteiger charge is 2.11. The predicted octanol–water partition coefficient (Wildman–Crippen LogP) is 2.41. The Balaban J connectivity index is 3.27. The molecule has 0 amide bonds. The zero-order valence-corrected chi connectivity index (χ0v) is 9.20. The van der Waals surface area contributed by atoms with Crippen LogP contribution in [0.5, 0.6) is 0 Å². The number of aliphatic hydroxyl groups is 2. The summed E-state index contributed by atoms with van der Waals surface area (Å²) >= 11 is 0. The minimum absolute atomic E-state index is 0.479. The Bertz CT molecular complexity index is 298. The Hall–Kier alpha value is -0.860. The van der Waals surface area contributed by atoms with Crippen molar-refractivity contribution >= 4 is 0 Å². The second-order valence-corrected chi connectivity index (χ2v) is 3.92. The van der Waals surface area contributed by atoms with Crippen molar-refractivity contribution in [2.45, 2.75) is 39.9 Å². The fourth-order valence-corrected chi connectivity index (χ4v) is 1.79. The average molecular weight is 194 g/mol. The molecule has 0 aliphatic rings. The first kappa shape index (κ1) is 11.2. The molecule has 1 rings (SSSR count). The standard InChI is InChI=1S/C12H18O2/c1-7-5-8(2)12(10(4)14)6-11(7)9(3)13/h5-6,9-10,13-14H,1-4H3/t9-,10-/m1/s1. The van der Waals surface area contributed by atoms with Gasteiger partial charge in [-0.05, 0) is 49.9 Å². The molecule has 0 bridgehead atoms. The van der Waals surface area contributed by atoms with Crippen LogP contribution < -0.4 is 0 Å². The third kappa shape index (κ3) is 2.14. The summed E-state index contributed by atoms with van der Waals surface area (Å²) in [4.78, 5) is 0. The van der Waals surface area contributed by atoms with E-state index in [0.717, 1.165) is 22.3 Å². The van der Waals surface area contributed by atoms with Gasteiger partial charge in [-0.25, -0.2) is 0 Å². The number of hydrogen-bond acceptors (Lipinski definition) is 2. The Labute approximate surface area is 85.2 Å². The molecular formula is C12H18O2. The summed E-state index contributed by atoms with van der Waals surface area (Å²) in [6.45, 7) is 7.43. The molecule has 0 heterocycles. The van der Waals surface area contributed by atoms with Gasteiger partial charge in [-0.2, -0.15) is 0 Å². The van der Waals surface area contributed by atoms with Crippen LogP contribution in [-0.2, 0) is 0 Å². The van der Waals surface area contributed by atoms with Gasteiger partial charge in [0.2, 0.25) is 0 Å². The van der Waals surface area contributed by atoms with Crippen LogP contribution >= 0.6 is 0 Å². The largest absolute Gasteiger partial charge is 0.389 e. The van der Waals surface area contributed by atoms with E-state index >= 15 is 0 Å². The Morgan fingerprint density at radius 3 is 1.50 bits per heavy atom. The van der Waals surface area contributed by atoms with E-state index in [2.05, 4.69) is 0 Å². The lowest BCUT2D eigenvalue weighted by atomic mass is 9.95. The molecule has 1 aromatic carbocycles. The van der Waals surface area contributed by atoms with Crippen LogP contribution in [0.4, 0.5) is 0 Å². The lowest BCUT2D eigenvalue weighted by Gasteiger charge is -2.15. The van der Waals surface area contributed by atoms with Crippen molar-refractivity contribution in [2.24, 2.45) is 0 Å². The fraction of sp³-hybridized carbons (Fsp3) is 0.500. The van der Waals surface area contributed by atoms with Gasteiger partial charge in [-0.3, -0.25) is 0 Å². The SMILES string of the molecule is Cc1cc(C)c([C@@H](C)O)cc1[C@@H](C)O. The molecule has 0 spiro atoms. The first-order valence-corrected chi connectivity index (χ1v) is 4.90. The van der Waals surface area contributed by atoms with Crippen molar-refractivity contribution in [1.29, 1.82) is 0 Å². The third-order valence-corrected chi connectivity index (χ3v) is 2.55. The molecule has 2 heteroatoms. The maximum atomic E-state index is 9.52. The molecular weight excluding hydrogens is 176 g/mol. The molecule has 1 aromatic rings.